The molecule has 7 nitrogen and oxygen atoms in total. The number of hydrogen-bond donors (Lipinski definition) is 1. The maximum atomic E-state index is 13.3. The lowest BCUT2D eigenvalue weighted by atomic mass is 9.90. The molecule has 2 aromatic rings. The first-order valence-corrected chi connectivity index (χ1v) is 11.4. The van der Waals surface area contributed by atoms with E-state index in [0.29, 0.717) is 44.0 Å². The maximum Gasteiger partial charge on any atom is 0.274 e. The molecule has 1 fully saturated rings. The second kappa shape index (κ2) is 9.83. The van der Waals surface area contributed by atoms with Crippen LogP contribution in [0.5, 0.6) is 5.75 Å². The smallest absolute Gasteiger partial charge is 0.274 e. The molecule has 0 spiro atoms. The molecule has 31 heavy (non-hydrogen) atoms. The van der Waals surface area contributed by atoms with Crippen LogP contribution in [0, 0.1) is 5.92 Å². The summed E-state index contributed by atoms with van der Waals surface area (Å²) < 4.78 is 12.9. The molecular formula is C24H34N4O3. The minimum atomic E-state index is 0.0514. The minimum Gasteiger partial charge on any atom is -0.497 e. The highest BCUT2D eigenvalue weighted by atomic mass is 16.5. The van der Waals surface area contributed by atoms with Crippen molar-refractivity contribution in [3.05, 3.63) is 46.8 Å². The number of carbonyl (C=O) groups is 1. The summed E-state index contributed by atoms with van der Waals surface area (Å²) in [6.07, 6.45) is 2.83. The molecule has 1 atom stereocenters. The number of ether oxygens (including phenoxy) is 2. The SMILES string of the molecule is COc1cccc(CN[C@H]2CCc3c(c(C(=O)N4CCOCC4)nn3CC(C)C)C2)c1. The van der Waals surface area contributed by atoms with Crippen LogP contribution in [-0.2, 0) is 30.7 Å². The Bertz CT molecular complexity index is 902. The molecule has 1 N–H and O–H groups in total. The monoisotopic (exact) mass is 426 g/mol. The van der Waals surface area contributed by atoms with Gasteiger partial charge < -0.3 is 19.7 Å². The van der Waals surface area contributed by atoms with Crippen molar-refractivity contribution in [3.63, 3.8) is 0 Å². The third-order valence-electron chi connectivity index (χ3n) is 6.11. The predicted octanol–water partition coefficient (Wildman–Crippen LogP) is 2.67. The predicted molar refractivity (Wildman–Crippen MR) is 119 cm³/mol. The molecule has 1 aliphatic heterocycles. The van der Waals surface area contributed by atoms with Crippen molar-refractivity contribution in [1.82, 2.24) is 20.0 Å². The van der Waals surface area contributed by atoms with Crippen LogP contribution in [0.25, 0.3) is 0 Å². The quantitative estimate of drug-likeness (QED) is 0.737. The molecule has 1 aromatic carbocycles. The highest BCUT2D eigenvalue weighted by Gasteiger charge is 2.31. The van der Waals surface area contributed by atoms with Crippen LogP contribution in [0.4, 0.5) is 0 Å². The van der Waals surface area contributed by atoms with Gasteiger partial charge in [-0.2, -0.15) is 5.10 Å². The molecule has 1 aliphatic carbocycles. The fourth-order valence-electron chi connectivity index (χ4n) is 4.49. The average molecular weight is 427 g/mol. The first-order chi connectivity index (χ1) is 15.0. The molecule has 0 radical (unpaired) electrons. The zero-order chi connectivity index (χ0) is 21.8. The summed E-state index contributed by atoms with van der Waals surface area (Å²) in [6, 6.07) is 8.48. The second-order valence-electron chi connectivity index (χ2n) is 8.93. The molecule has 0 bridgehead atoms. The number of rotatable bonds is 7. The summed E-state index contributed by atoms with van der Waals surface area (Å²) in [4.78, 5) is 15.2. The molecule has 7 heteroatoms. The molecule has 2 aliphatic rings. The third-order valence-corrected chi connectivity index (χ3v) is 6.11. The number of nitrogens with one attached hydrogen (secondary N) is 1. The Morgan fingerprint density at radius 1 is 1.32 bits per heavy atom. The molecule has 1 aromatic heterocycles. The number of hydrogen-bond acceptors (Lipinski definition) is 5. The number of nitrogens with zero attached hydrogens (tertiary/aromatic N) is 3. The van der Waals surface area contributed by atoms with Crippen molar-refractivity contribution >= 4 is 5.91 Å². The number of benzene rings is 1. The third kappa shape index (κ3) is 5.10. The van der Waals surface area contributed by atoms with Crippen molar-refractivity contribution in [2.75, 3.05) is 33.4 Å². The first kappa shape index (κ1) is 21.8. The van der Waals surface area contributed by atoms with Gasteiger partial charge in [0.15, 0.2) is 5.69 Å². The van der Waals surface area contributed by atoms with E-state index in [9.17, 15) is 4.79 Å². The number of aromatic nitrogens is 2. The Balaban J connectivity index is 1.51. The van der Waals surface area contributed by atoms with Crippen molar-refractivity contribution < 1.29 is 14.3 Å². The summed E-state index contributed by atoms with van der Waals surface area (Å²) in [6.45, 7) is 8.50. The Hall–Kier alpha value is -2.38. The molecule has 0 unspecified atom stereocenters. The van der Waals surface area contributed by atoms with Gasteiger partial charge in [0, 0.05) is 43.5 Å². The van der Waals surface area contributed by atoms with Crippen molar-refractivity contribution in [2.45, 2.75) is 52.2 Å². The van der Waals surface area contributed by atoms with Gasteiger partial charge >= 0.3 is 0 Å². The van der Waals surface area contributed by atoms with Gasteiger partial charge in [-0.3, -0.25) is 9.48 Å². The van der Waals surface area contributed by atoms with Gasteiger partial charge in [-0.15, -0.1) is 0 Å². The molecule has 168 valence electrons. The Labute approximate surface area is 184 Å². The van der Waals surface area contributed by atoms with E-state index in [-0.39, 0.29) is 5.91 Å². The first-order valence-electron chi connectivity index (χ1n) is 11.4. The van der Waals surface area contributed by atoms with Crippen LogP contribution >= 0.6 is 0 Å². The van der Waals surface area contributed by atoms with E-state index in [1.165, 1.54) is 11.3 Å². The molecule has 1 saturated heterocycles. The zero-order valence-electron chi connectivity index (χ0n) is 18.9. The topological polar surface area (TPSA) is 68.6 Å². The maximum absolute atomic E-state index is 13.3. The van der Waals surface area contributed by atoms with Crippen molar-refractivity contribution in [2.24, 2.45) is 5.92 Å². The minimum absolute atomic E-state index is 0.0514. The van der Waals surface area contributed by atoms with Gasteiger partial charge in [0.05, 0.1) is 20.3 Å². The van der Waals surface area contributed by atoms with Crippen LogP contribution < -0.4 is 10.1 Å². The highest BCUT2D eigenvalue weighted by molar-refractivity contribution is 5.94. The van der Waals surface area contributed by atoms with Crippen molar-refractivity contribution in [3.8, 4) is 5.75 Å². The second-order valence-corrected chi connectivity index (χ2v) is 8.93. The van der Waals surface area contributed by atoms with Crippen molar-refractivity contribution in [1.29, 1.82) is 0 Å². The molecule has 4 rings (SSSR count). The lowest BCUT2D eigenvalue weighted by molar-refractivity contribution is 0.0297. The van der Waals surface area contributed by atoms with Gasteiger partial charge in [0.2, 0.25) is 0 Å². The van der Waals surface area contributed by atoms with Crippen LogP contribution in [0.15, 0.2) is 24.3 Å². The largest absolute Gasteiger partial charge is 0.497 e. The number of fused-ring (bicyclic) bond motifs is 1. The zero-order valence-corrected chi connectivity index (χ0v) is 18.9. The Morgan fingerprint density at radius 3 is 2.87 bits per heavy atom. The lowest BCUT2D eigenvalue weighted by Gasteiger charge is -2.28. The van der Waals surface area contributed by atoms with Gasteiger partial charge in [-0.25, -0.2) is 0 Å². The normalized spacial score (nSPS) is 18.8. The number of carbonyl (C=O) groups excluding carboxylic acids is 1. The average Bonchev–Trinajstić information content (AvgIpc) is 3.15. The summed E-state index contributed by atoms with van der Waals surface area (Å²) in [5.41, 5.74) is 4.21. The summed E-state index contributed by atoms with van der Waals surface area (Å²) in [7, 11) is 1.69. The number of morpholine rings is 1. The molecule has 0 saturated carbocycles. The van der Waals surface area contributed by atoms with E-state index in [1.807, 2.05) is 17.0 Å². The van der Waals surface area contributed by atoms with Gasteiger partial charge in [-0.05, 0) is 42.9 Å². The van der Waals surface area contributed by atoms with Gasteiger partial charge in [0.1, 0.15) is 5.75 Å². The van der Waals surface area contributed by atoms with E-state index < -0.39 is 0 Å². The van der Waals surface area contributed by atoms with E-state index >= 15 is 0 Å². The highest BCUT2D eigenvalue weighted by Crippen LogP contribution is 2.27. The standard InChI is InChI=1S/C24H34N4O3/c1-17(2)16-28-22-8-7-19(25-15-18-5-4-6-20(13-18)30-3)14-21(22)23(26-28)24(29)27-9-11-31-12-10-27/h4-6,13,17,19,25H,7-12,14-16H2,1-3H3/t19-/m0/s1. The Morgan fingerprint density at radius 2 is 2.13 bits per heavy atom. The fraction of sp³-hybridized carbons (Fsp3) is 0.583. The number of methoxy groups -OCH3 is 1. The van der Waals surface area contributed by atoms with E-state index in [1.54, 1.807) is 7.11 Å². The van der Waals surface area contributed by atoms with E-state index in [2.05, 4.69) is 36.0 Å². The molecule has 1 amide bonds. The Kier molecular flexibility index (Phi) is 6.92. The summed E-state index contributed by atoms with van der Waals surface area (Å²) in [5, 5.41) is 8.51. The van der Waals surface area contributed by atoms with E-state index in [4.69, 9.17) is 14.6 Å². The summed E-state index contributed by atoms with van der Waals surface area (Å²) >= 11 is 0. The fourth-order valence-corrected chi connectivity index (χ4v) is 4.49. The molecule has 2 heterocycles. The number of amides is 1. The van der Waals surface area contributed by atoms with Crippen LogP contribution in [0.2, 0.25) is 0 Å². The van der Waals surface area contributed by atoms with Crippen LogP contribution in [0.1, 0.15) is 47.6 Å². The molecular weight excluding hydrogens is 392 g/mol. The lowest BCUT2D eigenvalue weighted by Crippen LogP contribution is -2.41. The van der Waals surface area contributed by atoms with E-state index in [0.717, 1.165) is 43.7 Å². The van der Waals surface area contributed by atoms with Crippen LogP contribution in [-0.4, -0.2) is 60.0 Å². The van der Waals surface area contributed by atoms with Gasteiger partial charge in [0.25, 0.3) is 5.91 Å². The summed E-state index contributed by atoms with van der Waals surface area (Å²) in [5.74, 6) is 1.41. The van der Waals surface area contributed by atoms with Crippen LogP contribution in [0.3, 0.4) is 0 Å². The van der Waals surface area contributed by atoms with Gasteiger partial charge in [-0.1, -0.05) is 26.0 Å².